The largest absolute Gasteiger partial charge is 0.507 e. The first-order valence-electron chi connectivity index (χ1n) is 12.8. The van der Waals surface area contributed by atoms with Crippen LogP contribution < -0.4 is 9.47 Å². The number of carbonyl (C=O) groups excluding carboxylic acids is 2. The SMILES string of the molecule is CCOc1ccc(C2/C(=C(\O)c3c(C)[nH]c(C)c3C)C(=O)C(=O)N2CCN2CCCC2)cc1OCC. The second kappa shape index (κ2) is 10.8. The molecule has 2 N–H and O–H groups in total. The number of ether oxygens (including phenoxy) is 2. The molecule has 2 aliphatic rings. The van der Waals surface area contributed by atoms with Crippen molar-refractivity contribution in [3.05, 3.63) is 51.9 Å². The average Bonchev–Trinajstić information content (AvgIpc) is 3.52. The summed E-state index contributed by atoms with van der Waals surface area (Å²) in [6.07, 6.45) is 2.29. The number of hydrogen-bond acceptors (Lipinski definition) is 6. The predicted molar refractivity (Wildman–Crippen MR) is 138 cm³/mol. The highest BCUT2D eigenvalue weighted by Crippen LogP contribution is 2.43. The Labute approximate surface area is 212 Å². The Morgan fingerprint density at radius 3 is 2.28 bits per heavy atom. The quantitative estimate of drug-likeness (QED) is 0.307. The first kappa shape index (κ1) is 25.8. The van der Waals surface area contributed by atoms with E-state index in [9.17, 15) is 14.7 Å². The molecule has 1 aromatic heterocycles. The lowest BCUT2D eigenvalue weighted by Crippen LogP contribution is -2.37. The number of likely N-dealkylation sites (tertiary alicyclic amines) is 2. The molecule has 8 heteroatoms. The molecule has 2 aliphatic heterocycles. The van der Waals surface area contributed by atoms with E-state index in [1.807, 2.05) is 46.8 Å². The zero-order valence-corrected chi connectivity index (χ0v) is 21.9. The van der Waals surface area contributed by atoms with Gasteiger partial charge in [-0.15, -0.1) is 0 Å². The molecular weight excluding hydrogens is 458 g/mol. The van der Waals surface area contributed by atoms with Crippen LogP contribution in [0.15, 0.2) is 23.8 Å². The van der Waals surface area contributed by atoms with E-state index in [-0.39, 0.29) is 11.3 Å². The molecule has 1 aromatic carbocycles. The van der Waals surface area contributed by atoms with E-state index in [2.05, 4.69) is 9.88 Å². The van der Waals surface area contributed by atoms with Crippen molar-refractivity contribution in [2.75, 3.05) is 39.4 Å². The van der Waals surface area contributed by atoms with Gasteiger partial charge in [-0.2, -0.15) is 0 Å². The minimum absolute atomic E-state index is 0.109. The molecule has 0 aliphatic carbocycles. The van der Waals surface area contributed by atoms with Crippen LogP contribution in [0.1, 0.15) is 60.8 Å². The molecule has 2 aromatic rings. The molecule has 0 radical (unpaired) electrons. The Kier molecular flexibility index (Phi) is 7.73. The van der Waals surface area contributed by atoms with Gasteiger partial charge in [0.05, 0.1) is 24.8 Å². The second-order valence-electron chi connectivity index (χ2n) is 9.49. The van der Waals surface area contributed by atoms with Gasteiger partial charge >= 0.3 is 0 Å². The molecule has 2 saturated heterocycles. The average molecular weight is 496 g/mol. The molecular formula is C28H37N3O5. The van der Waals surface area contributed by atoms with Crippen molar-refractivity contribution < 1.29 is 24.2 Å². The third-order valence-corrected chi connectivity index (χ3v) is 7.20. The number of ketones is 1. The maximum Gasteiger partial charge on any atom is 0.295 e. The smallest absolute Gasteiger partial charge is 0.295 e. The van der Waals surface area contributed by atoms with E-state index in [4.69, 9.17) is 9.47 Å². The number of nitrogens with zero attached hydrogens (tertiary/aromatic N) is 2. The summed E-state index contributed by atoms with van der Waals surface area (Å²) in [6, 6.07) is 4.75. The molecule has 0 bridgehead atoms. The van der Waals surface area contributed by atoms with E-state index >= 15 is 0 Å². The molecule has 36 heavy (non-hydrogen) atoms. The monoisotopic (exact) mass is 495 g/mol. The van der Waals surface area contributed by atoms with Gasteiger partial charge in [-0.05, 0) is 83.8 Å². The van der Waals surface area contributed by atoms with Gasteiger partial charge in [0, 0.05) is 30.0 Å². The van der Waals surface area contributed by atoms with E-state index in [0.29, 0.717) is 48.9 Å². The van der Waals surface area contributed by atoms with Crippen LogP contribution in [0.5, 0.6) is 11.5 Å². The lowest BCUT2D eigenvalue weighted by atomic mass is 9.94. The zero-order valence-electron chi connectivity index (χ0n) is 21.9. The molecule has 3 heterocycles. The highest BCUT2D eigenvalue weighted by Gasteiger charge is 2.46. The van der Waals surface area contributed by atoms with Crippen LogP contribution in [0.3, 0.4) is 0 Å². The summed E-state index contributed by atoms with van der Waals surface area (Å²) in [5.74, 6) is -0.247. The van der Waals surface area contributed by atoms with Crippen molar-refractivity contribution in [1.82, 2.24) is 14.8 Å². The van der Waals surface area contributed by atoms with Gasteiger partial charge in [-0.25, -0.2) is 0 Å². The Bertz CT molecular complexity index is 1180. The van der Waals surface area contributed by atoms with E-state index < -0.39 is 17.7 Å². The number of aromatic amines is 1. The first-order chi connectivity index (χ1) is 17.3. The summed E-state index contributed by atoms with van der Waals surface area (Å²) in [7, 11) is 0. The highest BCUT2D eigenvalue weighted by atomic mass is 16.5. The van der Waals surface area contributed by atoms with E-state index in [0.717, 1.165) is 42.9 Å². The van der Waals surface area contributed by atoms with Gasteiger partial charge in [-0.3, -0.25) is 9.59 Å². The van der Waals surface area contributed by atoms with Crippen LogP contribution in [0.25, 0.3) is 5.76 Å². The molecule has 0 saturated carbocycles. The van der Waals surface area contributed by atoms with Crippen LogP contribution in [0.4, 0.5) is 0 Å². The predicted octanol–water partition coefficient (Wildman–Crippen LogP) is 4.25. The third-order valence-electron chi connectivity index (χ3n) is 7.20. The summed E-state index contributed by atoms with van der Waals surface area (Å²) < 4.78 is 11.6. The van der Waals surface area contributed by atoms with E-state index in [1.54, 1.807) is 11.0 Å². The molecule has 0 spiro atoms. The Balaban J connectivity index is 1.84. The maximum absolute atomic E-state index is 13.4. The molecule has 1 amide bonds. The van der Waals surface area contributed by atoms with Crippen LogP contribution >= 0.6 is 0 Å². The fourth-order valence-corrected chi connectivity index (χ4v) is 5.35. The van der Waals surface area contributed by atoms with Gasteiger partial charge in [0.1, 0.15) is 5.76 Å². The number of aliphatic hydroxyl groups excluding tert-OH is 1. The third kappa shape index (κ3) is 4.74. The minimum atomic E-state index is -0.725. The Hall–Kier alpha value is -3.26. The number of benzene rings is 1. The van der Waals surface area contributed by atoms with Crippen LogP contribution in [-0.4, -0.2) is 71.0 Å². The summed E-state index contributed by atoms with van der Waals surface area (Å²) in [5.41, 5.74) is 3.91. The fraction of sp³-hybridized carbons (Fsp3) is 0.500. The van der Waals surface area contributed by atoms with E-state index in [1.165, 1.54) is 0 Å². The van der Waals surface area contributed by atoms with Gasteiger partial charge in [0.15, 0.2) is 11.5 Å². The lowest BCUT2D eigenvalue weighted by molar-refractivity contribution is -0.140. The number of rotatable bonds is 9. The van der Waals surface area contributed by atoms with Crippen molar-refractivity contribution >= 4 is 17.4 Å². The number of aromatic nitrogens is 1. The van der Waals surface area contributed by atoms with Gasteiger partial charge < -0.3 is 29.4 Å². The molecule has 4 rings (SSSR count). The maximum atomic E-state index is 13.4. The van der Waals surface area contributed by atoms with Gasteiger partial charge in [0.2, 0.25) is 0 Å². The van der Waals surface area contributed by atoms with Crippen molar-refractivity contribution in [2.24, 2.45) is 0 Å². The topological polar surface area (TPSA) is 95.1 Å². The fourth-order valence-electron chi connectivity index (χ4n) is 5.35. The number of nitrogens with one attached hydrogen (secondary N) is 1. The summed E-state index contributed by atoms with van der Waals surface area (Å²) >= 11 is 0. The summed E-state index contributed by atoms with van der Waals surface area (Å²) in [5, 5.41) is 11.5. The van der Waals surface area contributed by atoms with Gasteiger partial charge in [-0.1, -0.05) is 6.07 Å². The van der Waals surface area contributed by atoms with Crippen molar-refractivity contribution in [2.45, 2.75) is 53.5 Å². The van der Waals surface area contributed by atoms with Crippen molar-refractivity contribution in [3.63, 3.8) is 0 Å². The molecule has 194 valence electrons. The molecule has 1 unspecified atom stereocenters. The van der Waals surface area contributed by atoms with Crippen molar-refractivity contribution in [1.29, 1.82) is 0 Å². The number of aliphatic hydroxyl groups is 1. The Morgan fingerprint density at radius 2 is 1.67 bits per heavy atom. The van der Waals surface area contributed by atoms with Crippen molar-refractivity contribution in [3.8, 4) is 11.5 Å². The van der Waals surface area contributed by atoms with Crippen LogP contribution in [0, 0.1) is 20.8 Å². The van der Waals surface area contributed by atoms with Gasteiger partial charge in [0.25, 0.3) is 11.7 Å². The zero-order chi connectivity index (χ0) is 26.0. The number of H-pyrrole nitrogens is 1. The second-order valence-corrected chi connectivity index (χ2v) is 9.49. The minimum Gasteiger partial charge on any atom is -0.507 e. The molecule has 1 atom stereocenters. The van der Waals surface area contributed by atoms with Crippen LogP contribution in [0.2, 0.25) is 0 Å². The number of hydrogen-bond donors (Lipinski definition) is 2. The highest BCUT2D eigenvalue weighted by molar-refractivity contribution is 6.46. The summed E-state index contributed by atoms with van der Waals surface area (Å²) in [6.45, 7) is 13.5. The number of aryl methyl sites for hydroxylation is 2. The van der Waals surface area contributed by atoms with Crippen LogP contribution in [-0.2, 0) is 9.59 Å². The number of Topliss-reactive ketones (excluding diaryl/α,β-unsaturated/α-hetero) is 1. The lowest BCUT2D eigenvalue weighted by Gasteiger charge is -2.28. The number of amides is 1. The number of carbonyl (C=O) groups is 2. The standard InChI is InChI=1S/C28H37N3O5/c1-6-35-21-11-10-20(16-22(21)36-7-2)25-24(26(32)23-17(3)18(4)29-19(23)5)27(33)28(34)31(25)15-14-30-12-8-9-13-30/h10-11,16,25,29,32H,6-9,12-15H2,1-5H3/b26-24+. The Morgan fingerprint density at radius 1 is 1.00 bits per heavy atom. The molecule has 2 fully saturated rings. The summed E-state index contributed by atoms with van der Waals surface area (Å²) in [4.78, 5) is 33.9. The molecule has 8 nitrogen and oxygen atoms in total. The normalized spacial score (nSPS) is 19.9. The first-order valence-corrected chi connectivity index (χ1v) is 12.8.